The molecule has 2 rings (SSSR count). The van der Waals surface area contributed by atoms with Crippen LogP contribution in [-0.4, -0.2) is 15.9 Å². The van der Waals surface area contributed by atoms with Crippen LogP contribution in [0.4, 0.5) is 5.13 Å². The standard InChI is InChI=1S/C9H6BrN3OS/c10-7-5-15-9(12-7)13-8(14)6-3-1-2-4-11-6/h1-5H,(H,12,13,14). The SMILES string of the molecule is O=C(Nc1nc(Br)cs1)c1ccccn1. The number of nitrogens with zero attached hydrogens (tertiary/aromatic N) is 2. The molecule has 4 nitrogen and oxygen atoms in total. The fourth-order valence-corrected chi connectivity index (χ4v) is 2.11. The third-order valence-electron chi connectivity index (χ3n) is 1.59. The molecule has 6 heteroatoms. The van der Waals surface area contributed by atoms with E-state index in [2.05, 4.69) is 31.2 Å². The molecule has 2 heterocycles. The maximum Gasteiger partial charge on any atom is 0.276 e. The lowest BCUT2D eigenvalue weighted by atomic mass is 10.3. The second kappa shape index (κ2) is 4.50. The third-order valence-corrected chi connectivity index (χ3v) is 3.06. The zero-order valence-electron chi connectivity index (χ0n) is 7.48. The smallest absolute Gasteiger partial charge is 0.276 e. The van der Waals surface area contributed by atoms with Crippen LogP contribution in [0, 0.1) is 0 Å². The lowest BCUT2D eigenvalue weighted by molar-refractivity contribution is 0.102. The number of nitrogens with one attached hydrogen (secondary N) is 1. The van der Waals surface area contributed by atoms with E-state index in [1.807, 2.05) is 0 Å². The van der Waals surface area contributed by atoms with Crippen LogP contribution in [0.5, 0.6) is 0 Å². The van der Waals surface area contributed by atoms with E-state index in [0.717, 1.165) is 0 Å². The summed E-state index contributed by atoms with van der Waals surface area (Å²) >= 11 is 4.57. The van der Waals surface area contributed by atoms with E-state index in [9.17, 15) is 4.79 Å². The Morgan fingerprint density at radius 1 is 1.47 bits per heavy atom. The first-order valence-corrected chi connectivity index (χ1v) is 5.76. The van der Waals surface area contributed by atoms with Crippen molar-refractivity contribution < 1.29 is 4.79 Å². The second-order valence-electron chi connectivity index (χ2n) is 2.64. The highest BCUT2D eigenvalue weighted by Gasteiger charge is 2.08. The largest absolute Gasteiger partial charge is 0.296 e. The summed E-state index contributed by atoms with van der Waals surface area (Å²) in [7, 11) is 0. The predicted octanol–water partition coefficient (Wildman–Crippen LogP) is 2.55. The number of pyridine rings is 1. The van der Waals surface area contributed by atoms with Crippen molar-refractivity contribution in [2.45, 2.75) is 0 Å². The number of amides is 1. The van der Waals surface area contributed by atoms with Crippen LogP contribution in [-0.2, 0) is 0 Å². The van der Waals surface area contributed by atoms with E-state index in [4.69, 9.17) is 0 Å². The van der Waals surface area contributed by atoms with Gasteiger partial charge in [-0.3, -0.25) is 15.1 Å². The molecule has 76 valence electrons. The van der Waals surface area contributed by atoms with Gasteiger partial charge in [0.25, 0.3) is 5.91 Å². The molecule has 2 aromatic rings. The zero-order chi connectivity index (χ0) is 10.7. The highest BCUT2D eigenvalue weighted by Crippen LogP contribution is 2.19. The number of carbonyl (C=O) groups is 1. The van der Waals surface area contributed by atoms with Crippen molar-refractivity contribution in [2.24, 2.45) is 0 Å². The molecule has 15 heavy (non-hydrogen) atoms. The van der Waals surface area contributed by atoms with Gasteiger partial charge in [0.1, 0.15) is 10.3 Å². The molecular formula is C9H6BrN3OS. The summed E-state index contributed by atoms with van der Waals surface area (Å²) in [5.74, 6) is -0.252. The molecule has 1 amide bonds. The van der Waals surface area contributed by atoms with Gasteiger partial charge in [-0.15, -0.1) is 11.3 Å². The molecule has 0 saturated carbocycles. The molecule has 1 N–H and O–H groups in total. The third kappa shape index (κ3) is 2.60. The van der Waals surface area contributed by atoms with Gasteiger partial charge in [0.2, 0.25) is 0 Å². The number of thiazole rings is 1. The summed E-state index contributed by atoms with van der Waals surface area (Å²) in [6.45, 7) is 0. The summed E-state index contributed by atoms with van der Waals surface area (Å²) in [5.41, 5.74) is 0.379. The number of halogens is 1. The van der Waals surface area contributed by atoms with E-state index in [1.54, 1.807) is 29.8 Å². The normalized spacial score (nSPS) is 9.93. The topological polar surface area (TPSA) is 54.9 Å². The van der Waals surface area contributed by atoms with Gasteiger partial charge in [-0.05, 0) is 28.1 Å². The Hall–Kier alpha value is -1.27. The second-order valence-corrected chi connectivity index (χ2v) is 4.32. The molecule has 0 fully saturated rings. The van der Waals surface area contributed by atoms with Gasteiger partial charge in [0, 0.05) is 11.6 Å². The first-order valence-electron chi connectivity index (χ1n) is 4.09. The van der Waals surface area contributed by atoms with Crippen molar-refractivity contribution >= 4 is 38.3 Å². The van der Waals surface area contributed by atoms with Gasteiger partial charge in [-0.1, -0.05) is 6.07 Å². The maximum atomic E-state index is 11.6. The summed E-state index contributed by atoms with van der Waals surface area (Å²) < 4.78 is 0.712. The molecule has 0 aliphatic rings. The van der Waals surface area contributed by atoms with Crippen LogP contribution in [0.2, 0.25) is 0 Å². The van der Waals surface area contributed by atoms with Crippen molar-refractivity contribution in [3.8, 4) is 0 Å². The Labute approximate surface area is 98.5 Å². The molecule has 0 aliphatic heterocycles. The minimum atomic E-state index is -0.252. The zero-order valence-corrected chi connectivity index (χ0v) is 9.88. The summed E-state index contributed by atoms with van der Waals surface area (Å²) in [6, 6.07) is 5.18. The Kier molecular flexibility index (Phi) is 3.08. The summed E-state index contributed by atoms with van der Waals surface area (Å²) in [4.78, 5) is 19.6. The van der Waals surface area contributed by atoms with E-state index in [1.165, 1.54) is 11.3 Å². The predicted molar refractivity (Wildman–Crippen MR) is 62.0 cm³/mol. The lowest BCUT2D eigenvalue weighted by Gasteiger charge is -1.99. The van der Waals surface area contributed by atoms with Crippen molar-refractivity contribution in [3.63, 3.8) is 0 Å². The van der Waals surface area contributed by atoms with Gasteiger partial charge < -0.3 is 0 Å². The first-order chi connectivity index (χ1) is 7.25. The molecule has 0 unspecified atom stereocenters. The summed E-state index contributed by atoms with van der Waals surface area (Å²) in [5, 5.41) is 5.01. The average molecular weight is 284 g/mol. The number of hydrogen-bond acceptors (Lipinski definition) is 4. The Bertz CT molecular complexity index is 471. The van der Waals surface area contributed by atoms with Crippen molar-refractivity contribution in [1.82, 2.24) is 9.97 Å². The highest BCUT2D eigenvalue weighted by atomic mass is 79.9. The van der Waals surface area contributed by atoms with E-state index >= 15 is 0 Å². The Morgan fingerprint density at radius 2 is 2.33 bits per heavy atom. The molecular weight excluding hydrogens is 278 g/mol. The number of aromatic nitrogens is 2. The van der Waals surface area contributed by atoms with Gasteiger partial charge in [0.05, 0.1) is 0 Å². The highest BCUT2D eigenvalue weighted by molar-refractivity contribution is 9.10. The molecule has 0 atom stereocenters. The number of anilines is 1. The fourth-order valence-electron chi connectivity index (χ4n) is 0.970. The van der Waals surface area contributed by atoms with Gasteiger partial charge >= 0.3 is 0 Å². The van der Waals surface area contributed by atoms with Gasteiger partial charge in [0.15, 0.2) is 5.13 Å². The molecule has 0 radical (unpaired) electrons. The van der Waals surface area contributed by atoms with Crippen molar-refractivity contribution in [1.29, 1.82) is 0 Å². The van der Waals surface area contributed by atoms with Gasteiger partial charge in [-0.25, -0.2) is 4.98 Å². The number of rotatable bonds is 2. The molecule has 0 saturated heterocycles. The number of hydrogen-bond donors (Lipinski definition) is 1. The Morgan fingerprint density at radius 3 is 2.93 bits per heavy atom. The number of carbonyl (C=O) groups excluding carboxylic acids is 1. The van der Waals surface area contributed by atoms with Crippen LogP contribution in [0.3, 0.4) is 0 Å². The molecule has 0 aromatic carbocycles. The van der Waals surface area contributed by atoms with Crippen molar-refractivity contribution in [2.75, 3.05) is 5.32 Å². The molecule has 2 aromatic heterocycles. The van der Waals surface area contributed by atoms with E-state index in [-0.39, 0.29) is 5.91 Å². The van der Waals surface area contributed by atoms with Crippen LogP contribution < -0.4 is 5.32 Å². The minimum absolute atomic E-state index is 0.252. The monoisotopic (exact) mass is 283 g/mol. The van der Waals surface area contributed by atoms with Crippen LogP contribution in [0.1, 0.15) is 10.5 Å². The van der Waals surface area contributed by atoms with Crippen molar-refractivity contribution in [3.05, 3.63) is 40.1 Å². The van der Waals surface area contributed by atoms with Crippen LogP contribution in [0.15, 0.2) is 34.4 Å². The fraction of sp³-hybridized carbons (Fsp3) is 0. The lowest BCUT2D eigenvalue weighted by Crippen LogP contribution is -2.12. The van der Waals surface area contributed by atoms with E-state index < -0.39 is 0 Å². The summed E-state index contributed by atoms with van der Waals surface area (Å²) in [6.07, 6.45) is 1.58. The van der Waals surface area contributed by atoms with E-state index in [0.29, 0.717) is 15.4 Å². The first kappa shape index (κ1) is 10.3. The molecule has 0 aliphatic carbocycles. The Balaban J connectivity index is 2.11. The van der Waals surface area contributed by atoms with Gasteiger partial charge in [-0.2, -0.15) is 0 Å². The maximum absolute atomic E-state index is 11.6. The average Bonchev–Trinajstić information content (AvgIpc) is 2.65. The van der Waals surface area contributed by atoms with Crippen LogP contribution in [0.25, 0.3) is 0 Å². The minimum Gasteiger partial charge on any atom is -0.296 e. The molecule has 0 spiro atoms. The molecule has 0 bridgehead atoms. The van der Waals surface area contributed by atoms with Crippen LogP contribution >= 0.6 is 27.3 Å². The quantitative estimate of drug-likeness (QED) is 0.922.